The van der Waals surface area contributed by atoms with E-state index in [9.17, 15) is 18.0 Å². The van der Waals surface area contributed by atoms with Crippen molar-refractivity contribution in [2.75, 3.05) is 26.1 Å². The Morgan fingerprint density at radius 2 is 1.87 bits per heavy atom. The van der Waals surface area contributed by atoms with Gasteiger partial charge < -0.3 is 5.32 Å². The topological polar surface area (TPSA) is 95.6 Å². The standard InChI is InChI=1S/C14H20ClN3O4S/c1-18(2)17-14(20)12(8-9-23(3,21)22)16-13(19)10-6-4-5-7-11(10)15/h4-7,12H,8-9H2,1-3H3,(H,16,19)(H,17,20)/t12-/m0/s1. The van der Waals surface area contributed by atoms with Crippen LogP contribution in [-0.2, 0) is 14.6 Å². The Morgan fingerprint density at radius 1 is 1.26 bits per heavy atom. The molecule has 1 rings (SSSR count). The fourth-order valence-corrected chi connectivity index (χ4v) is 2.67. The molecular weight excluding hydrogens is 342 g/mol. The van der Waals surface area contributed by atoms with Crippen LogP contribution < -0.4 is 10.7 Å². The van der Waals surface area contributed by atoms with Crippen molar-refractivity contribution >= 4 is 33.3 Å². The molecule has 0 heterocycles. The Bertz CT molecular complexity index is 676. The van der Waals surface area contributed by atoms with Gasteiger partial charge in [0, 0.05) is 20.4 Å². The minimum Gasteiger partial charge on any atom is -0.340 e. The number of hydrogen-bond donors (Lipinski definition) is 2. The molecule has 7 nitrogen and oxygen atoms in total. The molecule has 0 spiro atoms. The minimum absolute atomic E-state index is 0.0330. The smallest absolute Gasteiger partial charge is 0.256 e. The Kier molecular flexibility index (Phi) is 6.99. The molecule has 1 aromatic carbocycles. The second-order valence-electron chi connectivity index (χ2n) is 5.29. The zero-order chi connectivity index (χ0) is 17.6. The van der Waals surface area contributed by atoms with Crippen molar-refractivity contribution in [1.29, 1.82) is 0 Å². The van der Waals surface area contributed by atoms with Crippen molar-refractivity contribution in [2.45, 2.75) is 12.5 Å². The van der Waals surface area contributed by atoms with Gasteiger partial charge in [-0.15, -0.1) is 0 Å². The van der Waals surface area contributed by atoms with Crippen LogP contribution in [0.1, 0.15) is 16.8 Å². The first-order valence-electron chi connectivity index (χ1n) is 6.81. The molecular formula is C14H20ClN3O4S. The average molecular weight is 362 g/mol. The summed E-state index contributed by atoms with van der Waals surface area (Å²) in [4.78, 5) is 24.4. The van der Waals surface area contributed by atoms with E-state index in [1.807, 2.05) is 0 Å². The number of sulfone groups is 1. The van der Waals surface area contributed by atoms with Gasteiger partial charge >= 0.3 is 0 Å². The molecule has 0 radical (unpaired) electrons. The lowest BCUT2D eigenvalue weighted by Crippen LogP contribution is -2.51. The molecule has 1 aromatic rings. The van der Waals surface area contributed by atoms with Crippen molar-refractivity contribution in [3.8, 4) is 0 Å². The maximum Gasteiger partial charge on any atom is 0.256 e. The van der Waals surface area contributed by atoms with Crippen molar-refractivity contribution in [3.05, 3.63) is 34.9 Å². The van der Waals surface area contributed by atoms with Gasteiger partial charge in [0.25, 0.3) is 11.8 Å². The largest absolute Gasteiger partial charge is 0.340 e. The number of benzene rings is 1. The highest BCUT2D eigenvalue weighted by Gasteiger charge is 2.24. The van der Waals surface area contributed by atoms with Crippen LogP contribution in [0.15, 0.2) is 24.3 Å². The van der Waals surface area contributed by atoms with E-state index in [-0.39, 0.29) is 22.8 Å². The Morgan fingerprint density at radius 3 is 2.39 bits per heavy atom. The van der Waals surface area contributed by atoms with Crippen LogP contribution in [0, 0.1) is 0 Å². The Labute approximate surface area is 140 Å². The van der Waals surface area contributed by atoms with Gasteiger partial charge in [0.15, 0.2) is 0 Å². The third kappa shape index (κ3) is 6.98. The molecule has 2 amide bonds. The molecule has 0 saturated heterocycles. The highest BCUT2D eigenvalue weighted by Crippen LogP contribution is 2.15. The molecule has 0 aliphatic heterocycles. The second kappa shape index (κ2) is 8.28. The average Bonchev–Trinajstić information content (AvgIpc) is 2.41. The zero-order valence-corrected chi connectivity index (χ0v) is 14.7. The number of halogens is 1. The fraction of sp³-hybridized carbons (Fsp3) is 0.429. The first-order chi connectivity index (χ1) is 10.6. The van der Waals surface area contributed by atoms with Crippen LogP contribution in [-0.4, -0.2) is 57.4 Å². The number of carbonyl (C=O) groups is 2. The van der Waals surface area contributed by atoms with E-state index in [1.54, 1.807) is 32.3 Å². The van der Waals surface area contributed by atoms with Gasteiger partial charge in [0.05, 0.1) is 16.3 Å². The molecule has 2 N–H and O–H groups in total. The van der Waals surface area contributed by atoms with Crippen LogP contribution >= 0.6 is 11.6 Å². The van der Waals surface area contributed by atoms with E-state index < -0.39 is 27.7 Å². The molecule has 0 aliphatic rings. The van der Waals surface area contributed by atoms with E-state index >= 15 is 0 Å². The van der Waals surface area contributed by atoms with Crippen molar-refractivity contribution in [2.24, 2.45) is 0 Å². The van der Waals surface area contributed by atoms with Gasteiger partial charge in [-0.3, -0.25) is 15.0 Å². The van der Waals surface area contributed by atoms with Crippen molar-refractivity contribution in [3.63, 3.8) is 0 Å². The second-order valence-corrected chi connectivity index (χ2v) is 7.96. The van der Waals surface area contributed by atoms with Gasteiger partial charge in [-0.05, 0) is 18.6 Å². The van der Waals surface area contributed by atoms with Gasteiger partial charge in [0.1, 0.15) is 15.9 Å². The van der Waals surface area contributed by atoms with Crippen LogP contribution in [0.25, 0.3) is 0 Å². The van der Waals surface area contributed by atoms with E-state index in [2.05, 4.69) is 10.7 Å². The molecule has 23 heavy (non-hydrogen) atoms. The number of carbonyl (C=O) groups excluding carboxylic acids is 2. The molecule has 1 atom stereocenters. The summed E-state index contributed by atoms with van der Waals surface area (Å²) in [6.07, 6.45) is 1.04. The third-order valence-electron chi connectivity index (χ3n) is 2.85. The predicted molar refractivity (Wildman–Crippen MR) is 88.9 cm³/mol. The van der Waals surface area contributed by atoms with Crippen LogP contribution in [0.3, 0.4) is 0 Å². The summed E-state index contributed by atoms with van der Waals surface area (Å²) in [7, 11) is -0.0357. The lowest BCUT2D eigenvalue weighted by molar-refractivity contribution is -0.126. The quantitative estimate of drug-likeness (QED) is 0.688. The van der Waals surface area contributed by atoms with Crippen molar-refractivity contribution < 1.29 is 18.0 Å². The van der Waals surface area contributed by atoms with Crippen LogP contribution in [0.5, 0.6) is 0 Å². The zero-order valence-electron chi connectivity index (χ0n) is 13.2. The van der Waals surface area contributed by atoms with Crippen LogP contribution in [0.2, 0.25) is 5.02 Å². The fourth-order valence-electron chi connectivity index (χ4n) is 1.78. The molecule has 128 valence electrons. The maximum atomic E-state index is 12.3. The van der Waals surface area contributed by atoms with Crippen molar-refractivity contribution in [1.82, 2.24) is 15.8 Å². The number of nitrogens with zero attached hydrogens (tertiary/aromatic N) is 1. The number of hydrogen-bond acceptors (Lipinski definition) is 5. The monoisotopic (exact) mass is 361 g/mol. The summed E-state index contributed by atoms with van der Waals surface area (Å²) in [6.45, 7) is 0. The normalized spacial score (nSPS) is 12.7. The SMILES string of the molecule is CN(C)NC(=O)[C@H](CCS(C)(=O)=O)NC(=O)c1ccccc1Cl. The number of rotatable bonds is 7. The summed E-state index contributed by atoms with van der Waals surface area (Å²) < 4.78 is 22.6. The van der Waals surface area contributed by atoms with E-state index in [0.29, 0.717) is 0 Å². The molecule has 0 bridgehead atoms. The molecule has 0 saturated carbocycles. The van der Waals surface area contributed by atoms with E-state index in [0.717, 1.165) is 6.26 Å². The number of amides is 2. The van der Waals surface area contributed by atoms with E-state index in [1.165, 1.54) is 11.1 Å². The molecule has 0 fully saturated rings. The Hall–Kier alpha value is -1.64. The minimum atomic E-state index is -3.26. The van der Waals surface area contributed by atoms with Gasteiger partial charge in [-0.1, -0.05) is 23.7 Å². The number of hydrazine groups is 1. The Balaban J connectivity index is 2.89. The highest BCUT2D eigenvalue weighted by atomic mass is 35.5. The summed E-state index contributed by atoms with van der Waals surface area (Å²) in [5, 5.41) is 4.19. The molecule has 9 heteroatoms. The lowest BCUT2D eigenvalue weighted by atomic mass is 10.1. The first kappa shape index (κ1) is 19.4. The van der Waals surface area contributed by atoms with Crippen LogP contribution in [0.4, 0.5) is 0 Å². The number of nitrogens with one attached hydrogen (secondary N) is 2. The lowest BCUT2D eigenvalue weighted by Gasteiger charge is -2.21. The first-order valence-corrected chi connectivity index (χ1v) is 9.25. The third-order valence-corrected chi connectivity index (χ3v) is 4.16. The summed E-state index contributed by atoms with van der Waals surface area (Å²) in [5.41, 5.74) is 2.72. The molecule has 0 aromatic heterocycles. The van der Waals surface area contributed by atoms with Gasteiger partial charge in [-0.2, -0.15) is 0 Å². The van der Waals surface area contributed by atoms with Gasteiger partial charge in [-0.25, -0.2) is 13.4 Å². The van der Waals surface area contributed by atoms with E-state index in [4.69, 9.17) is 11.6 Å². The molecule has 0 unspecified atom stereocenters. The predicted octanol–water partition coefficient (Wildman–Crippen LogP) is 0.466. The maximum absolute atomic E-state index is 12.3. The summed E-state index contributed by atoms with van der Waals surface area (Å²) >= 11 is 5.95. The van der Waals surface area contributed by atoms with Gasteiger partial charge in [0.2, 0.25) is 0 Å². The summed E-state index contributed by atoms with van der Waals surface area (Å²) in [5.74, 6) is -1.26. The molecule has 0 aliphatic carbocycles. The highest BCUT2D eigenvalue weighted by molar-refractivity contribution is 7.90. The summed E-state index contributed by atoms with van der Waals surface area (Å²) in [6, 6.07) is 5.42.